The van der Waals surface area contributed by atoms with Gasteiger partial charge in [0.15, 0.2) is 0 Å². The van der Waals surface area contributed by atoms with Crippen molar-refractivity contribution >= 4 is 28.2 Å². The number of aromatic nitrogens is 1. The average molecular weight is 337 g/mol. The van der Waals surface area contributed by atoms with Crippen LogP contribution in [0.4, 0.5) is 5.69 Å². The van der Waals surface area contributed by atoms with E-state index in [1.54, 1.807) is 0 Å². The molecule has 2 aliphatic heterocycles. The highest BCUT2D eigenvalue weighted by Crippen LogP contribution is 2.55. The third kappa shape index (κ3) is 1.67. The van der Waals surface area contributed by atoms with Crippen molar-refractivity contribution in [1.29, 1.82) is 0 Å². The summed E-state index contributed by atoms with van der Waals surface area (Å²) in [5.41, 5.74) is 6.59. The van der Waals surface area contributed by atoms with Crippen LogP contribution in [0, 0.1) is 12.8 Å². The molecule has 1 N–H and O–H groups in total. The number of hydrogen-bond donors (Lipinski definition) is 1. The number of nitrogens with one attached hydrogen (secondary N) is 1. The first-order valence-corrected chi connectivity index (χ1v) is 9.00. The summed E-state index contributed by atoms with van der Waals surface area (Å²) < 4.78 is 2.43. The standard InChI is InChI=1S/C21H21ClN2/c1-12-8-9-14-16(10-12)23-19-15(21(14,2)3)11-24-17-7-5-4-6-13(17)18(22)20(19)24/h4-10,15,19,23H,11H2,1-3H3/t15-,19-/m1/s1. The first kappa shape index (κ1) is 14.4. The fourth-order valence-electron chi connectivity index (χ4n) is 4.80. The van der Waals surface area contributed by atoms with Gasteiger partial charge < -0.3 is 9.88 Å². The minimum atomic E-state index is 0.113. The average Bonchev–Trinajstić information content (AvgIpc) is 3.05. The lowest BCUT2D eigenvalue weighted by atomic mass is 9.67. The Morgan fingerprint density at radius 2 is 1.96 bits per heavy atom. The number of benzene rings is 2. The molecule has 0 bridgehead atoms. The first-order chi connectivity index (χ1) is 11.5. The van der Waals surface area contributed by atoms with Gasteiger partial charge in [-0.25, -0.2) is 0 Å². The highest BCUT2D eigenvalue weighted by atomic mass is 35.5. The molecule has 5 rings (SSSR count). The Labute approximate surface area is 147 Å². The van der Waals surface area contributed by atoms with Gasteiger partial charge >= 0.3 is 0 Å². The quantitative estimate of drug-likeness (QED) is 0.559. The lowest BCUT2D eigenvalue weighted by Gasteiger charge is -2.43. The molecule has 3 heterocycles. The van der Waals surface area contributed by atoms with Crippen LogP contribution < -0.4 is 5.32 Å². The molecule has 3 heteroatoms. The van der Waals surface area contributed by atoms with Crippen molar-refractivity contribution in [3.05, 3.63) is 64.3 Å². The minimum absolute atomic E-state index is 0.113. The number of rotatable bonds is 0. The molecule has 0 aliphatic carbocycles. The van der Waals surface area contributed by atoms with Crippen LogP contribution in [0.25, 0.3) is 10.9 Å². The Morgan fingerprint density at radius 3 is 2.79 bits per heavy atom. The van der Waals surface area contributed by atoms with E-state index in [9.17, 15) is 0 Å². The van der Waals surface area contributed by atoms with E-state index in [1.165, 1.54) is 33.4 Å². The number of hydrogen-bond acceptors (Lipinski definition) is 1. The van der Waals surface area contributed by atoms with Crippen molar-refractivity contribution in [3.63, 3.8) is 0 Å². The van der Waals surface area contributed by atoms with E-state index < -0.39 is 0 Å². The fraction of sp³-hybridized carbons (Fsp3) is 0.333. The monoisotopic (exact) mass is 336 g/mol. The number of para-hydroxylation sites is 1. The van der Waals surface area contributed by atoms with Crippen LogP contribution >= 0.6 is 11.6 Å². The largest absolute Gasteiger partial charge is 0.376 e. The molecule has 0 spiro atoms. The van der Waals surface area contributed by atoms with E-state index in [0.29, 0.717) is 5.92 Å². The molecular weight excluding hydrogens is 316 g/mol. The van der Waals surface area contributed by atoms with Crippen LogP contribution in [-0.2, 0) is 12.0 Å². The molecule has 2 atom stereocenters. The van der Waals surface area contributed by atoms with Crippen LogP contribution in [0.15, 0.2) is 42.5 Å². The summed E-state index contributed by atoms with van der Waals surface area (Å²) in [6.45, 7) is 7.92. The number of nitrogens with zero attached hydrogens (tertiary/aromatic N) is 1. The zero-order valence-corrected chi connectivity index (χ0v) is 15.0. The number of fused-ring (bicyclic) bond motifs is 6. The molecular formula is C21H21ClN2. The number of aryl methyl sites for hydroxylation is 1. The summed E-state index contributed by atoms with van der Waals surface area (Å²) in [5.74, 6) is 0.504. The molecule has 0 amide bonds. The molecule has 0 radical (unpaired) electrons. The van der Waals surface area contributed by atoms with Gasteiger partial charge in [0.2, 0.25) is 0 Å². The summed E-state index contributed by atoms with van der Waals surface area (Å²) in [5, 5.41) is 5.89. The van der Waals surface area contributed by atoms with Gasteiger partial charge in [0.05, 0.1) is 16.8 Å². The summed E-state index contributed by atoms with van der Waals surface area (Å²) in [6, 6.07) is 15.5. The van der Waals surface area contributed by atoms with Gasteiger partial charge in [0.1, 0.15) is 0 Å². The Balaban J connectivity index is 1.74. The molecule has 24 heavy (non-hydrogen) atoms. The van der Waals surface area contributed by atoms with Crippen molar-refractivity contribution in [2.75, 3.05) is 5.32 Å². The van der Waals surface area contributed by atoms with Crippen molar-refractivity contribution in [2.24, 2.45) is 5.92 Å². The van der Waals surface area contributed by atoms with Gasteiger partial charge in [0, 0.05) is 29.1 Å². The lowest BCUT2D eigenvalue weighted by Crippen LogP contribution is -2.39. The second kappa shape index (κ2) is 4.58. The van der Waals surface area contributed by atoms with Crippen molar-refractivity contribution in [1.82, 2.24) is 4.57 Å². The molecule has 0 saturated heterocycles. The van der Waals surface area contributed by atoms with E-state index in [4.69, 9.17) is 11.6 Å². The number of halogens is 1. The van der Waals surface area contributed by atoms with Crippen LogP contribution in [0.3, 0.4) is 0 Å². The maximum atomic E-state index is 6.81. The normalized spacial score (nSPS) is 23.5. The second-order valence-electron chi connectivity index (χ2n) is 7.83. The Kier molecular flexibility index (Phi) is 2.75. The third-order valence-corrected chi connectivity index (χ3v) is 6.53. The zero-order chi connectivity index (χ0) is 16.6. The maximum absolute atomic E-state index is 6.81. The molecule has 2 aliphatic rings. The molecule has 1 aromatic heterocycles. The first-order valence-electron chi connectivity index (χ1n) is 8.63. The van der Waals surface area contributed by atoms with E-state index in [2.05, 4.69) is 73.1 Å². The molecule has 2 nitrogen and oxygen atoms in total. The predicted molar refractivity (Wildman–Crippen MR) is 101 cm³/mol. The van der Waals surface area contributed by atoms with Crippen LogP contribution in [-0.4, -0.2) is 4.57 Å². The Hall–Kier alpha value is -1.93. The van der Waals surface area contributed by atoms with Gasteiger partial charge in [-0.2, -0.15) is 0 Å². The molecule has 122 valence electrons. The highest BCUT2D eigenvalue weighted by molar-refractivity contribution is 6.36. The summed E-state index contributed by atoms with van der Waals surface area (Å²) in [4.78, 5) is 0. The second-order valence-corrected chi connectivity index (χ2v) is 8.20. The Morgan fingerprint density at radius 1 is 1.17 bits per heavy atom. The van der Waals surface area contributed by atoms with Crippen molar-refractivity contribution in [3.8, 4) is 0 Å². The minimum Gasteiger partial charge on any atom is -0.376 e. The highest BCUT2D eigenvalue weighted by Gasteiger charge is 2.48. The predicted octanol–water partition coefficient (Wildman–Crippen LogP) is 5.68. The molecule has 2 aromatic carbocycles. The van der Waals surface area contributed by atoms with Crippen LogP contribution in [0.1, 0.15) is 36.7 Å². The number of anilines is 1. The SMILES string of the molecule is Cc1ccc2c(c1)N[C@H]1c3c(Cl)c4ccccc4n3C[C@H]1C2(C)C. The third-order valence-electron chi connectivity index (χ3n) is 6.13. The smallest absolute Gasteiger partial charge is 0.0734 e. The van der Waals surface area contributed by atoms with Gasteiger partial charge in [-0.3, -0.25) is 0 Å². The van der Waals surface area contributed by atoms with Crippen molar-refractivity contribution in [2.45, 2.75) is 38.8 Å². The Bertz CT molecular complexity index is 983. The zero-order valence-electron chi connectivity index (χ0n) is 14.2. The van der Waals surface area contributed by atoms with Crippen molar-refractivity contribution < 1.29 is 0 Å². The summed E-state index contributed by atoms with van der Waals surface area (Å²) in [7, 11) is 0. The summed E-state index contributed by atoms with van der Waals surface area (Å²) in [6.07, 6.45) is 0. The molecule has 0 saturated carbocycles. The fourth-order valence-corrected chi connectivity index (χ4v) is 5.17. The van der Waals surface area contributed by atoms with Crippen LogP contribution in [0.2, 0.25) is 5.02 Å². The van der Waals surface area contributed by atoms with E-state index >= 15 is 0 Å². The molecule has 0 fully saturated rings. The van der Waals surface area contributed by atoms with Gasteiger partial charge in [-0.15, -0.1) is 0 Å². The maximum Gasteiger partial charge on any atom is 0.0734 e. The lowest BCUT2D eigenvalue weighted by molar-refractivity contribution is 0.274. The van der Waals surface area contributed by atoms with E-state index in [1.807, 2.05) is 0 Å². The van der Waals surface area contributed by atoms with Crippen LogP contribution in [0.5, 0.6) is 0 Å². The molecule has 3 aromatic rings. The topological polar surface area (TPSA) is 17.0 Å². The molecule has 0 unspecified atom stereocenters. The van der Waals surface area contributed by atoms with Gasteiger partial charge in [-0.05, 0) is 35.6 Å². The van der Waals surface area contributed by atoms with Gasteiger partial charge in [0.25, 0.3) is 0 Å². The van der Waals surface area contributed by atoms with E-state index in [-0.39, 0.29) is 11.5 Å². The summed E-state index contributed by atoms with van der Waals surface area (Å²) >= 11 is 6.81. The van der Waals surface area contributed by atoms with E-state index in [0.717, 1.165) is 11.6 Å². The van der Waals surface area contributed by atoms with Gasteiger partial charge in [-0.1, -0.05) is 55.8 Å².